The summed E-state index contributed by atoms with van der Waals surface area (Å²) in [6.45, 7) is 5.89. The van der Waals surface area contributed by atoms with Crippen molar-refractivity contribution in [3.05, 3.63) is 23.8 Å². The van der Waals surface area contributed by atoms with Crippen molar-refractivity contribution in [3.8, 4) is 0 Å². The zero-order valence-corrected chi connectivity index (χ0v) is 10.1. The first-order valence-corrected chi connectivity index (χ1v) is 5.55. The fourth-order valence-electron chi connectivity index (χ4n) is 2.33. The molecule has 0 aromatic rings. The molecule has 1 N–H and O–H groups in total. The summed E-state index contributed by atoms with van der Waals surface area (Å²) in [6, 6.07) is -0.105. The number of rotatable bonds is 4. The van der Waals surface area contributed by atoms with Gasteiger partial charge in [0, 0.05) is 5.41 Å². The Morgan fingerprint density at radius 2 is 2.13 bits per heavy atom. The van der Waals surface area contributed by atoms with E-state index >= 15 is 0 Å². The van der Waals surface area contributed by atoms with Crippen LogP contribution in [-0.2, 0) is 4.79 Å². The number of likely N-dealkylation sites (N-methyl/N-ethyl adjacent to an activating group) is 1. The smallest absolute Gasteiger partial charge is 0.147 e. The molecular formula is C13H21NO. The fourth-order valence-corrected chi connectivity index (χ4v) is 2.33. The molecule has 0 aromatic carbocycles. The number of carbonyl (C=O) groups is 1. The molecule has 0 heterocycles. The third kappa shape index (κ3) is 2.57. The van der Waals surface area contributed by atoms with Crippen molar-refractivity contribution in [2.24, 2.45) is 5.41 Å². The zero-order chi connectivity index (χ0) is 11.5. The number of Topliss-reactive ketones (excluding diaryl/α,β-unsaturated/α-hetero) is 1. The van der Waals surface area contributed by atoms with Gasteiger partial charge in [0.1, 0.15) is 5.78 Å². The Labute approximate surface area is 92.4 Å². The van der Waals surface area contributed by atoms with Crippen molar-refractivity contribution in [1.82, 2.24) is 5.32 Å². The first kappa shape index (κ1) is 12.2. The quantitative estimate of drug-likeness (QED) is 0.767. The van der Waals surface area contributed by atoms with Gasteiger partial charge in [-0.3, -0.25) is 4.79 Å². The molecule has 1 aliphatic rings. The largest absolute Gasteiger partial charge is 0.310 e. The van der Waals surface area contributed by atoms with Gasteiger partial charge in [0.15, 0.2) is 0 Å². The van der Waals surface area contributed by atoms with Crippen LogP contribution in [0.5, 0.6) is 0 Å². The van der Waals surface area contributed by atoms with Gasteiger partial charge in [-0.2, -0.15) is 0 Å². The molecule has 1 rings (SSSR count). The van der Waals surface area contributed by atoms with Crippen molar-refractivity contribution in [2.45, 2.75) is 39.7 Å². The number of nitrogens with one attached hydrogen (secondary N) is 1. The van der Waals surface area contributed by atoms with Gasteiger partial charge in [0.25, 0.3) is 0 Å². The van der Waals surface area contributed by atoms with E-state index in [9.17, 15) is 4.79 Å². The van der Waals surface area contributed by atoms with Crippen molar-refractivity contribution >= 4 is 5.78 Å². The Bertz CT molecular complexity index is 300. The van der Waals surface area contributed by atoms with E-state index in [1.165, 1.54) is 5.57 Å². The molecule has 1 aliphatic carbocycles. The van der Waals surface area contributed by atoms with Crippen LogP contribution in [0.25, 0.3) is 0 Å². The summed E-state index contributed by atoms with van der Waals surface area (Å²) in [4.78, 5) is 11.6. The second-order valence-electron chi connectivity index (χ2n) is 4.69. The molecule has 0 aliphatic heterocycles. The van der Waals surface area contributed by atoms with Gasteiger partial charge < -0.3 is 5.32 Å². The normalized spacial score (nSPS) is 18.5. The molecule has 0 aromatic heterocycles. The SMILES string of the molecule is CNC(C(C)=O)C(C)(C)C1=CCCC=C1. The Kier molecular flexibility index (Phi) is 3.86. The minimum Gasteiger partial charge on any atom is -0.310 e. The minimum absolute atomic E-state index is 0.105. The molecule has 84 valence electrons. The van der Waals surface area contributed by atoms with E-state index in [-0.39, 0.29) is 17.2 Å². The van der Waals surface area contributed by atoms with Crippen LogP contribution in [0.3, 0.4) is 0 Å². The summed E-state index contributed by atoms with van der Waals surface area (Å²) in [5, 5.41) is 3.11. The van der Waals surface area contributed by atoms with Gasteiger partial charge in [-0.05, 0) is 32.4 Å². The van der Waals surface area contributed by atoms with E-state index in [1.807, 2.05) is 7.05 Å². The van der Waals surface area contributed by atoms with Crippen molar-refractivity contribution < 1.29 is 4.79 Å². The minimum atomic E-state index is -0.127. The summed E-state index contributed by atoms with van der Waals surface area (Å²) < 4.78 is 0. The molecule has 1 atom stereocenters. The number of hydrogen-bond acceptors (Lipinski definition) is 2. The molecule has 0 saturated heterocycles. The summed E-state index contributed by atoms with van der Waals surface area (Å²) >= 11 is 0. The highest BCUT2D eigenvalue weighted by Crippen LogP contribution is 2.33. The first-order valence-electron chi connectivity index (χ1n) is 5.55. The fraction of sp³-hybridized carbons (Fsp3) is 0.615. The number of allylic oxidation sites excluding steroid dienone is 3. The lowest BCUT2D eigenvalue weighted by Crippen LogP contribution is -2.46. The first-order chi connectivity index (χ1) is 7.00. The lowest BCUT2D eigenvalue weighted by atomic mass is 9.74. The Morgan fingerprint density at radius 1 is 1.47 bits per heavy atom. The van der Waals surface area contributed by atoms with E-state index in [0.29, 0.717) is 0 Å². The van der Waals surface area contributed by atoms with E-state index in [2.05, 4.69) is 37.4 Å². The van der Waals surface area contributed by atoms with Gasteiger partial charge in [0.2, 0.25) is 0 Å². The van der Waals surface area contributed by atoms with Gasteiger partial charge in [-0.25, -0.2) is 0 Å². The molecule has 2 nitrogen and oxygen atoms in total. The van der Waals surface area contributed by atoms with Crippen LogP contribution in [0.15, 0.2) is 23.8 Å². The van der Waals surface area contributed by atoms with Crippen molar-refractivity contribution in [3.63, 3.8) is 0 Å². The Morgan fingerprint density at radius 3 is 2.53 bits per heavy atom. The standard InChI is InChI=1S/C13H21NO/c1-10(15)12(14-4)13(2,3)11-8-6-5-7-9-11/h6,8-9,12,14H,5,7H2,1-4H3. The summed E-state index contributed by atoms with van der Waals surface area (Å²) in [5.74, 6) is 0.197. The third-order valence-electron chi connectivity index (χ3n) is 3.16. The molecule has 0 radical (unpaired) electrons. The maximum Gasteiger partial charge on any atom is 0.147 e. The van der Waals surface area contributed by atoms with E-state index in [1.54, 1.807) is 6.92 Å². The number of ketones is 1. The van der Waals surface area contributed by atoms with Gasteiger partial charge in [0.05, 0.1) is 6.04 Å². The molecule has 0 bridgehead atoms. The monoisotopic (exact) mass is 207 g/mol. The Hall–Kier alpha value is -0.890. The highest BCUT2D eigenvalue weighted by Gasteiger charge is 2.34. The van der Waals surface area contributed by atoms with Gasteiger partial charge in [-0.15, -0.1) is 0 Å². The Balaban J connectivity index is 2.93. The van der Waals surface area contributed by atoms with Gasteiger partial charge in [-0.1, -0.05) is 32.1 Å². The second-order valence-corrected chi connectivity index (χ2v) is 4.69. The molecule has 15 heavy (non-hydrogen) atoms. The van der Waals surface area contributed by atoms with Crippen LogP contribution in [-0.4, -0.2) is 18.9 Å². The van der Waals surface area contributed by atoms with Crippen LogP contribution in [0.1, 0.15) is 33.6 Å². The maximum absolute atomic E-state index is 11.6. The predicted molar refractivity (Wildman–Crippen MR) is 63.8 cm³/mol. The van der Waals surface area contributed by atoms with E-state index < -0.39 is 0 Å². The van der Waals surface area contributed by atoms with Crippen LogP contribution in [0, 0.1) is 5.41 Å². The summed E-state index contributed by atoms with van der Waals surface area (Å²) in [7, 11) is 1.85. The second kappa shape index (κ2) is 4.75. The van der Waals surface area contributed by atoms with Crippen LogP contribution >= 0.6 is 0 Å². The average molecular weight is 207 g/mol. The lowest BCUT2D eigenvalue weighted by Gasteiger charge is -2.34. The van der Waals surface area contributed by atoms with Crippen molar-refractivity contribution in [1.29, 1.82) is 0 Å². The number of hydrogen-bond donors (Lipinski definition) is 1. The molecule has 0 saturated carbocycles. The molecule has 0 spiro atoms. The van der Waals surface area contributed by atoms with Crippen molar-refractivity contribution in [2.75, 3.05) is 7.05 Å². The lowest BCUT2D eigenvalue weighted by molar-refractivity contribution is -0.120. The van der Waals surface area contributed by atoms with Crippen LogP contribution in [0.4, 0.5) is 0 Å². The van der Waals surface area contributed by atoms with Gasteiger partial charge >= 0.3 is 0 Å². The molecule has 1 unspecified atom stereocenters. The van der Waals surface area contributed by atoms with Crippen LogP contribution < -0.4 is 5.32 Å². The molecule has 0 amide bonds. The highest BCUT2D eigenvalue weighted by atomic mass is 16.1. The molecular weight excluding hydrogens is 186 g/mol. The highest BCUT2D eigenvalue weighted by molar-refractivity contribution is 5.83. The average Bonchev–Trinajstić information content (AvgIpc) is 2.19. The molecule has 0 fully saturated rings. The maximum atomic E-state index is 11.6. The van der Waals surface area contributed by atoms with E-state index in [4.69, 9.17) is 0 Å². The molecule has 2 heteroatoms. The summed E-state index contributed by atoms with van der Waals surface area (Å²) in [5.41, 5.74) is 1.14. The van der Waals surface area contributed by atoms with E-state index in [0.717, 1.165) is 12.8 Å². The number of carbonyl (C=O) groups excluding carboxylic acids is 1. The third-order valence-corrected chi connectivity index (χ3v) is 3.16. The zero-order valence-electron chi connectivity index (χ0n) is 10.1. The topological polar surface area (TPSA) is 29.1 Å². The predicted octanol–water partition coefficient (Wildman–Crippen LogP) is 2.47. The summed E-state index contributed by atoms with van der Waals surface area (Å²) in [6.07, 6.45) is 8.78. The van der Waals surface area contributed by atoms with Crippen LogP contribution in [0.2, 0.25) is 0 Å².